The molecule has 0 N–H and O–H groups in total. The van der Waals surface area contributed by atoms with E-state index in [2.05, 4.69) is 170 Å². The van der Waals surface area contributed by atoms with Gasteiger partial charge < -0.3 is 9.32 Å². The van der Waals surface area contributed by atoms with E-state index >= 15 is 0 Å². The topological polar surface area (TPSA) is 16.4 Å². The van der Waals surface area contributed by atoms with Crippen molar-refractivity contribution in [2.24, 2.45) is 0 Å². The Kier molecular flexibility index (Phi) is 6.58. The number of furan rings is 1. The van der Waals surface area contributed by atoms with Crippen LogP contribution >= 0.6 is 0 Å². The van der Waals surface area contributed by atoms with Gasteiger partial charge in [-0.1, -0.05) is 122 Å². The highest BCUT2D eigenvalue weighted by Crippen LogP contribution is 2.58. The molecule has 53 heavy (non-hydrogen) atoms. The van der Waals surface area contributed by atoms with Crippen molar-refractivity contribution < 1.29 is 4.42 Å². The molecule has 2 aliphatic rings. The van der Waals surface area contributed by atoms with E-state index in [0.717, 1.165) is 28.1 Å². The van der Waals surface area contributed by atoms with Gasteiger partial charge in [-0.05, 0) is 140 Å². The van der Waals surface area contributed by atoms with Gasteiger partial charge in [0.1, 0.15) is 11.3 Å². The maximum atomic E-state index is 6.56. The average molecular weight is 682 g/mol. The Labute approximate surface area is 309 Å². The molecule has 2 aliphatic carbocycles. The minimum atomic E-state index is 0.0787. The Hall–Kier alpha value is -6.12. The molecule has 254 valence electrons. The van der Waals surface area contributed by atoms with E-state index in [-0.39, 0.29) is 5.41 Å². The molecule has 1 heterocycles. The zero-order chi connectivity index (χ0) is 35.3. The monoisotopic (exact) mass is 681 g/mol. The van der Waals surface area contributed by atoms with Crippen LogP contribution in [0.1, 0.15) is 48.1 Å². The molecule has 11 rings (SSSR count). The summed E-state index contributed by atoms with van der Waals surface area (Å²) in [5.74, 6) is 0.918. The zero-order valence-corrected chi connectivity index (χ0v) is 30.1. The number of hydrogen-bond acceptors (Lipinski definition) is 2. The van der Waals surface area contributed by atoms with Crippen molar-refractivity contribution in [2.75, 3.05) is 4.90 Å². The normalized spacial score (nSPS) is 14.5. The fourth-order valence-electron chi connectivity index (χ4n) is 9.99. The summed E-state index contributed by atoms with van der Waals surface area (Å²) in [6.45, 7) is 4.25. The molecule has 2 nitrogen and oxygen atoms in total. The Morgan fingerprint density at radius 1 is 0.472 bits per heavy atom. The predicted molar refractivity (Wildman–Crippen MR) is 223 cm³/mol. The number of aryl methyl sites for hydroxylation is 2. The van der Waals surface area contributed by atoms with E-state index in [1.54, 1.807) is 0 Å². The number of nitrogens with zero attached hydrogens (tertiary/aromatic N) is 1. The molecule has 1 fully saturated rings. The molecular formula is C51H39NO. The highest BCUT2D eigenvalue weighted by Gasteiger charge is 2.45. The van der Waals surface area contributed by atoms with Crippen LogP contribution < -0.4 is 4.90 Å². The molecule has 0 atom stereocenters. The fourth-order valence-corrected chi connectivity index (χ4v) is 9.99. The lowest BCUT2D eigenvalue weighted by Gasteiger charge is -2.30. The summed E-state index contributed by atoms with van der Waals surface area (Å²) in [7, 11) is 0. The smallest absolute Gasteiger partial charge is 0.136 e. The minimum Gasteiger partial charge on any atom is -0.459 e. The van der Waals surface area contributed by atoms with Crippen LogP contribution in [-0.4, -0.2) is 0 Å². The van der Waals surface area contributed by atoms with Crippen molar-refractivity contribution in [1.82, 2.24) is 0 Å². The summed E-state index contributed by atoms with van der Waals surface area (Å²) < 4.78 is 6.56. The standard InChI is InChI=1S/C51H39NO/c1-32-18-22-44-49(28-32)53-33(2)50(44)52(37-21-25-43-42-16-8-9-17-47(42)51(48(43)31-37)26-10-11-27-51)36-20-24-41-40-23-19-35(34-12-4-3-5-13-34)29-45(40)38-14-6-7-15-39(38)46(41)30-36/h3-9,12-25,28-31H,10-11,26-27H2,1-2H3. The van der Waals surface area contributed by atoms with Gasteiger partial charge >= 0.3 is 0 Å². The van der Waals surface area contributed by atoms with Crippen LogP contribution in [0.25, 0.3) is 65.5 Å². The maximum absolute atomic E-state index is 6.56. The van der Waals surface area contributed by atoms with E-state index in [1.807, 2.05) is 0 Å². The molecule has 2 heteroatoms. The molecule has 0 bridgehead atoms. The molecule has 1 aromatic heterocycles. The first-order chi connectivity index (χ1) is 26.1. The number of hydrogen-bond donors (Lipinski definition) is 0. The number of fused-ring (bicyclic) bond motifs is 12. The van der Waals surface area contributed by atoms with E-state index in [1.165, 1.54) is 103 Å². The molecule has 0 aliphatic heterocycles. The van der Waals surface area contributed by atoms with Crippen LogP contribution in [-0.2, 0) is 5.41 Å². The van der Waals surface area contributed by atoms with Crippen molar-refractivity contribution in [3.8, 4) is 22.3 Å². The van der Waals surface area contributed by atoms with Gasteiger partial charge in [0.05, 0.1) is 5.69 Å². The Balaban J connectivity index is 1.17. The van der Waals surface area contributed by atoms with Crippen LogP contribution in [0.15, 0.2) is 156 Å². The summed E-state index contributed by atoms with van der Waals surface area (Å²) in [6.07, 6.45) is 4.94. The van der Waals surface area contributed by atoms with E-state index < -0.39 is 0 Å². The van der Waals surface area contributed by atoms with Gasteiger partial charge in [0.2, 0.25) is 0 Å². The second-order valence-electron chi connectivity index (χ2n) is 15.3. The molecule has 0 saturated heterocycles. The number of benzene rings is 8. The predicted octanol–water partition coefficient (Wildman–Crippen LogP) is 14.5. The van der Waals surface area contributed by atoms with Gasteiger partial charge in [0, 0.05) is 22.2 Å². The first-order valence-corrected chi connectivity index (χ1v) is 19.1. The lowest BCUT2D eigenvalue weighted by molar-refractivity contribution is 0.550. The molecular weight excluding hydrogens is 643 g/mol. The molecule has 0 amide bonds. The molecule has 0 unspecified atom stereocenters. The average Bonchev–Trinajstić information content (AvgIpc) is 3.90. The van der Waals surface area contributed by atoms with Gasteiger partial charge in [0.15, 0.2) is 0 Å². The molecule has 9 aromatic rings. The third-order valence-corrected chi connectivity index (χ3v) is 12.4. The molecule has 1 saturated carbocycles. The van der Waals surface area contributed by atoms with Crippen LogP contribution in [0.2, 0.25) is 0 Å². The van der Waals surface area contributed by atoms with Crippen LogP contribution in [0, 0.1) is 13.8 Å². The van der Waals surface area contributed by atoms with Crippen LogP contribution in [0.4, 0.5) is 17.1 Å². The van der Waals surface area contributed by atoms with Gasteiger partial charge in [-0.2, -0.15) is 0 Å². The molecule has 1 spiro atoms. The molecule has 8 aromatic carbocycles. The van der Waals surface area contributed by atoms with Crippen LogP contribution in [0.3, 0.4) is 0 Å². The van der Waals surface area contributed by atoms with Gasteiger partial charge in [-0.15, -0.1) is 0 Å². The highest BCUT2D eigenvalue weighted by molar-refractivity contribution is 6.26. The van der Waals surface area contributed by atoms with Crippen molar-refractivity contribution in [2.45, 2.75) is 44.9 Å². The van der Waals surface area contributed by atoms with Crippen molar-refractivity contribution >= 4 is 60.3 Å². The highest BCUT2D eigenvalue weighted by atomic mass is 16.3. The summed E-state index contributed by atoms with van der Waals surface area (Å²) in [5.41, 5.74) is 13.9. The second-order valence-corrected chi connectivity index (χ2v) is 15.3. The SMILES string of the molecule is Cc1ccc2c(N(c3ccc4c(c3)C3(CCCC3)c3ccccc3-4)c3ccc4c5ccc(-c6ccccc6)cc5c5ccccc5c4c3)c(C)oc2c1. The Morgan fingerprint density at radius 3 is 1.91 bits per heavy atom. The van der Waals surface area contributed by atoms with Crippen molar-refractivity contribution in [1.29, 1.82) is 0 Å². The first kappa shape index (κ1) is 30.5. The van der Waals surface area contributed by atoms with Crippen LogP contribution in [0.5, 0.6) is 0 Å². The van der Waals surface area contributed by atoms with E-state index in [0.29, 0.717) is 0 Å². The summed E-state index contributed by atoms with van der Waals surface area (Å²) in [4.78, 5) is 2.47. The van der Waals surface area contributed by atoms with Gasteiger partial charge in [-0.3, -0.25) is 0 Å². The number of rotatable bonds is 4. The van der Waals surface area contributed by atoms with Crippen molar-refractivity contribution in [3.63, 3.8) is 0 Å². The third-order valence-electron chi connectivity index (χ3n) is 12.4. The Morgan fingerprint density at radius 2 is 1.09 bits per heavy atom. The van der Waals surface area contributed by atoms with Crippen molar-refractivity contribution in [3.05, 3.63) is 174 Å². The molecule has 0 radical (unpaired) electrons. The number of anilines is 3. The quantitative estimate of drug-likeness (QED) is 0.172. The van der Waals surface area contributed by atoms with E-state index in [4.69, 9.17) is 4.42 Å². The maximum Gasteiger partial charge on any atom is 0.136 e. The second kappa shape index (κ2) is 11.4. The zero-order valence-electron chi connectivity index (χ0n) is 30.1. The fraction of sp³-hybridized carbons (Fsp3) is 0.137. The largest absolute Gasteiger partial charge is 0.459 e. The lowest BCUT2D eigenvalue weighted by atomic mass is 9.76. The summed E-state index contributed by atoms with van der Waals surface area (Å²) in [6, 6.07) is 56.7. The minimum absolute atomic E-state index is 0.0787. The Bertz CT molecular complexity index is 2910. The first-order valence-electron chi connectivity index (χ1n) is 19.1. The van der Waals surface area contributed by atoms with E-state index in [9.17, 15) is 0 Å². The lowest BCUT2D eigenvalue weighted by Crippen LogP contribution is -2.21. The summed E-state index contributed by atoms with van der Waals surface area (Å²) >= 11 is 0. The summed E-state index contributed by atoms with van der Waals surface area (Å²) in [5, 5.41) is 8.74. The van der Waals surface area contributed by atoms with Gasteiger partial charge in [-0.25, -0.2) is 0 Å². The third kappa shape index (κ3) is 4.45. The van der Waals surface area contributed by atoms with Gasteiger partial charge in [0.25, 0.3) is 0 Å².